The van der Waals surface area contributed by atoms with Gasteiger partial charge in [-0.25, -0.2) is 4.98 Å². The van der Waals surface area contributed by atoms with Gasteiger partial charge in [-0.15, -0.1) is 0 Å². The third-order valence-corrected chi connectivity index (χ3v) is 4.47. The van der Waals surface area contributed by atoms with Crippen LogP contribution in [0.4, 0.5) is 5.82 Å². The van der Waals surface area contributed by atoms with Crippen LogP contribution < -0.4 is 4.90 Å². The monoisotopic (exact) mass is 309 g/mol. The summed E-state index contributed by atoms with van der Waals surface area (Å²) in [5, 5.41) is 0. The lowest BCUT2D eigenvalue weighted by atomic mass is 10.0. The molecule has 0 aliphatic carbocycles. The average molecular weight is 309 g/mol. The molecule has 0 N–H and O–H groups in total. The lowest BCUT2D eigenvalue weighted by molar-refractivity contribution is -0.129. The number of anilines is 1. The van der Waals surface area contributed by atoms with Gasteiger partial charge in [-0.2, -0.15) is 0 Å². The molecule has 0 spiro atoms. The number of hydrogen-bond donors (Lipinski definition) is 0. The first kappa shape index (κ1) is 15.5. The standard InChI is InChI=1S/C19H23N3O/c1-3-16-5-4-6-17(13-16)18-7-8-19(20-14-18)22-11-9-21(10-12-22)15(2)23/h4-8,13-14H,3,9-12H2,1-2H3. The molecule has 23 heavy (non-hydrogen) atoms. The molecular weight excluding hydrogens is 286 g/mol. The summed E-state index contributed by atoms with van der Waals surface area (Å²) >= 11 is 0. The van der Waals surface area contributed by atoms with Gasteiger partial charge in [0.15, 0.2) is 0 Å². The molecule has 1 aromatic carbocycles. The van der Waals surface area contributed by atoms with Crippen molar-refractivity contribution in [1.82, 2.24) is 9.88 Å². The summed E-state index contributed by atoms with van der Waals surface area (Å²) in [6.07, 6.45) is 2.99. The van der Waals surface area contributed by atoms with Crippen molar-refractivity contribution in [2.45, 2.75) is 20.3 Å². The van der Waals surface area contributed by atoms with E-state index in [0.29, 0.717) is 0 Å². The van der Waals surface area contributed by atoms with Crippen molar-refractivity contribution in [2.75, 3.05) is 31.1 Å². The van der Waals surface area contributed by atoms with Crippen molar-refractivity contribution in [1.29, 1.82) is 0 Å². The first-order valence-electron chi connectivity index (χ1n) is 8.23. The number of aromatic nitrogens is 1. The van der Waals surface area contributed by atoms with Gasteiger partial charge in [0.1, 0.15) is 5.82 Å². The number of pyridine rings is 1. The molecular formula is C19H23N3O. The van der Waals surface area contributed by atoms with Crippen molar-refractivity contribution in [2.24, 2.45) is 0 Å². The molecule has 0 bridgehead atoms. The van der Waals surface area contributed by atoms with E-state index in [1.165, 1.54) is 11.1 Å². The van der Waals surface area contributed by atoms with Gasteiger partial charge >= 0.3 is 0 Å². The molecule has 1 aliphatic heterocycles. The van der Waals surface area contributed by atoms with Gasteiger partial charge in [-0.3, -0.25) is 4.79 Å². The number of carbonyl (C=O) groups excluding carboxylic acids is 1. The zero-order chi connectivity index (χ0) is 16.2. The second-order valence-corrected chi connectivity index (χ2v) is 5.95. The van der Waals surface area contributed by atoms with Gasteiger partial charge in [-0.05, 0) is 29.7 Å². The molecule has 120 valence electrons. The van der Waals surface area contributed by atoms with Gasteiger partial charge in [0.25, 0.3) is 0 Å². The van der Waals surface area contributed by atoms with Crippen LogP contribution in [0.3, 0.4) is 0 Å². The zero-order valence-corrected chi connectivity index (χ0v) is 13.8. The Hall–Kier alpha value is -2.36. The lowest BCUT2D eigenvalue weighted by Crippen LogP contribution is -2.48. The Morgan fingerprint density at radius 1 is 1.09 bits per heavy atom. The van der Waals surface area contributed by atoms with Gasteiger partial charge in [0.05, 0.1) is 0 Å². The molecule has 3 rings (SSSR count). The number of rotatable bonds is 3. The van der Waals surface area contributed by atoms with Crippen LogP contribution in [0.5, 0.6) is 0 Å². The van der Waals surface area contributed by atoms with E-state index in [9.17, 15) is 4.79 Å². The number of nitrogens with zero attached hydrogens (tertiary/aromatic N) is 3. The van der Waals surface area contributed by atoms with Gasteiger partial charge in [0, 0.05) is 44.9 Å². The first-order valence-corrected chi connectivity index (χ1v) is 8.23. The molecule has 1 aromatic heterocycles. The molecule has 1 aliphatic rings. The highest BCUT2D eigenvalue weighted by atomic mass is 16.2. The van der Waals surface area contributed by atoms with Crippen LogP contribution in [0.1, 0.15) is 19.4 Å². The maximum absolute atomic E-state index is 11.4. The molecule has 1 fully saturated rings. The topological polar surface area (TPSA) is 36.4 Å². The summed E-state index contributed by atoms with van der Waals surface area (Å²) in [5.74, 6) is 1.15. The van der Waals surface area contributed by atoms with Crippen LogP contribution in [0, 0.1) is 0 Å². The fourth-order valence-electron chi connectivity index (χ4n) is 2.97. The number of amides is 1. The molecule has 4 nitrogen and oxygen atoms in total. The van der Waals surface area contributed by atoms with Crippen LogP contribution in [-0.2, 0) is 11.2 Å². The SMILES string of the molecule is CCc1cccc(-c2ccc(N3CCN(C(C)=O)CC3)nc2)c1. The first-order chi connectivity index (χ1) is 11.2. The van der Waals surface area contributed by atoms with Crippen molar-refractivity contribution in [3.63, 3.8) is 0 Å². The Morgan fingerprint density at radius 3 is 2.48 bits per heavy atom. The number of aryl methyl sites for hydroxylation is 1. The number of hydrogen-bond acceptors (Lipinski definition) is 3. The van der Waals surface area contributed by atoms with Crippen molar-refractivity contribution in [3.8, 4) is 11.1 Å². The summed E-state index contributed by atoms with van der Waals surface area (Å²) in [6, 6.07) is 12.8. The average Bonchev–Trinajstić information content (AvgIpc) is 2.62. The predicted molar refractivity (Wildman–Crippen MR) is 93.5 cm³/mol. The fourth-order valence-corrected chi connectivity index (χ4v) is 2.97. The van der Waals surface area contributed by atoms with Crippen molar-refractivity contribution < 1.29 is 4.79 Å². The molecule has 0 unspecified atom stereocenters. The molecule has 1 saturated heterocycles. The maximum Gasteiger partial charge on any atom is 0.219 e. The highest BCUT2D eigenvalue weighted by Gasteiger charge is 2.19. The van der Waals surface area contributed by atoms with Gasteiger partial charge in [0.2, 0.25) is 5.91 Å². The van der Waals surface area contributed by atoms with Crippen molar-refractivity contribution >= 4 is 11.7 Å². The van der Waals surface area contributed by atoms with Gasteiger partial charge < -0.3 is 9.80 Å². The minimum Gasteiger partial charge on any atom is -0.353 e. The minimum absolute atomic E-state index is 0.156. The molecule has 1 amide bonds. The van der Waals surface area contributed by atoms with Crippen LogP contribution in [0.25, 0.3) is 11.1 Å². The van der Waals surface area contributed by atoms with Crippen LogP contribution in [0.2, 0.25) is 0 Å². The van der Waals surface area contributed by atoms with Gasteiger partial charge in [-0.1, -0.05) is 31.2 Å². The molecule has 2 heterocycles. The highest BCUT2D eigenvalue weighted by Crippen LogP contribution is 2.22. The van der Waals surface area contributed by atoms with E-state index >= 15 is 0 Å². The Morgan fingerprint density at radius 2 is 1.87 bits per heavy atom. The fraction of sp³-hybridized carbons (Fsp3) is 0.368. The van der Waals surface area contributed by atoms with E-state index in [1.807, 2.05) is 11.1 Å². The normalized spacial score (nSPS) is 14.9. The smallest absolute Gasteiger partial charge is 0.219 e. The number of carbonyl (C=O) groups is 1. The van der Waals surface area contributed by atoms with Crippen molar-refractivity contribution in [3.05, 3.63) is 48.2 Å². The minimum atomic E-state index is 0.156. The summed E-state index contributed by atoms with van der Waals surface area (Å²) < 4.78 is 0. The molecule has 0 radical (unpaired) electrons. The summed E-state index contributed by atoms with van der Waals surface area (Å²) in [6.45, 7) is 7.04. The van der Waals surface area contributed by atoms with E-state index in [2.05, 4.69) is 53.2 Å². The molecule has 0 atom stereocenters. The van der Waals surface area contributed by atoms with Crippen LogP contribution >= 0.6 is 0 Å². The summed E-state index contributed by atoms with van der Waals surface area (Å²) in [4.78, 5) is 20.1. The summed E-state index contributed by atoms with van der Waals surface area (Å²) in [7, 11) is 0. The van der Waals surface area contributed by atoms with E-state index in [-0.39, 0.29) is 5.91 Å². The Labute approximate surface area is 137 Å². The zero-order valence-electron chi connectivity index (χ0n) is 13.8. The third-order valence-electron chi connectivity index (χ3n) is 4.47. The van der Waals surface area contributed by atoms with E-state index in [1.54, 1.807) is 6.92 Å². The Kier molecular flexibility index (Phi) is 4.60. The quantitative estimate of drug-likeness (QED) is 0.874. The number of piperazine rings is 1. The third kappa shape index (κ3) is 3.52. The maximum atomic E-state index is 11.4. The second-order valence-electron chi connectivity index (χ2n) is 5.95. The lowest BCUT2D eigenvalue weighted by Gasteiger charge is -2.34. The highest BCUT2D eigenvalue weighted by molar-refractivity contribution is 5.73. The molecule has 4 heteroatoms. The van der Waals surface area contributed by atoms with E-state index in [0.717, 1.165) is 44.0 Å². The number of benzene rings is 1. The van der Waals surface area contributed by atoms with Crippen LogP contribution in [0.15, 0.2) is 42.6 Å². The van der Waals surface area contributed by atoms with E-state index in [4.69, 9.17) is 0 Å². The molecule has 0 saturated carbocycles. The second kappa shape index (κ2) is 6.82. The predicted octanol–water partition coefficient (Wildman–Crippen LogP) is 2.98. The molecule has 2 aromatic rings. The van der Waals surface area contributed by atoms with Crippen LogP contribution in [-0.4, -0.2) is 42.0 Å². The Bertz CT molecular complexity index is 673. The van der Waals surface area contributed by atoms with E-state index < -0.39 is 0 Å². The summed E-state index contributed by atoms with van der Waals surface area (Å²) in [5.41, 5.74) is 3.70. The largest absolute Gasteiger partial charge is 0.353 e. The Balaban J connectivity index is 1.71.